The van der Waals surface area contributed by atoms with E-state index in [1.807, 2.05) is 20.9 Å². The number of nitrogens with zero attached hydrogens (tertiary/aromatic N) is 1. The fourth-order valence-electron chi connectivity index (χ4n) is 1.86. The van der Waals surface area contributed by atoms with E-state index in [9.17, 15) is 4.79 Å². The maximum atomic E-state index is 11.4. The zero-order valence-electron chi connectivity index (χ0n) is 9.01. The van der Waals surface area contributed by atoms with Crippen LogP contribution in [0.3, 0.4) is 0 Å². The van der Waals surface area contributed by atoms with Gasteiger partial charge in [0.05, 0.1) is 0 Å². The molecule has 1 heterocycles. The van der Waals surface area contributed by atoms with Crippen LogP contribution >= 0.6 is 0 Å². The Kier molecular flexibility index (Phi) is 2.60. The van der Waals surface area contributed by atoms with Gasteiger partial charge < -0.3 is 4.57 Å². The van der Waals surface area contributed by atoms with Crippen LogP contribution in [0.4, 0.5) is 0 Å². The number of aryl methyl sites for hydroxylation is 1. The molecule has 1 rings (SSSR count). The van der Waals surface area contributed by atoms with Crippen LogP contribution in [-0.4, -0.2) is 4.57 Å². The van der Waals surface area contributed by atoms with Crippen LogP contribution in [0.2, 0.25) is 0 Å². The average molecular weight is 179 g/mol. The van der Waals surface area contributed by atoms with Crippen molar-refractivity contribution in [1.29, 1.82) is 0 Å². The van der Waals surface area contributed by atoms with E-state index >= 15 is 0 Å². The van der Waals surface area contributed by atoms with Gasteiger partial charge in [0.15, 0.2) is 0 Å². The van der Waals surface area contributed by atoms with Crippen molar-refractivity contribution in [3.05, 3.63) is 33.2 Å². The monoisotopic (exact) mass is 179 g/mol. The molecular formula is C11H17NO. The van der Waals surface area contributed by atoms with E-state index in [2.05, 4.69) is 13.8 Å². The SMILES string of the molecule is Cc1cc(=O)n(C)c(C)c1C(C)C. The van der Waals surface area contributed by atoms with Gasteiger partial charge >= 0.3 is 0 Å². The van der Waals surface area contributed by atoms with Crippen molar-refractivity contribution in [2.24, 2.45) is 7.05 Å². The highest BCUT2D eigenvalue weighted by Gasteiger charge is 2.10. The van der Waals surface area contributed by atoms with E-state index in [-0.39, 0.29) is 5.56 Å². The van der Waals surface area contributed by atoms with Crippen molar-refractivity contribution < 1.29 is 0 Å². The largest absolute Gasteiger partial charge is 0.316 e. The Morgan fingerprint density at radius 1 is 1.31 bits per heavy atom. The Morgan fingerprint density at radius 2 is 1.85 bits per heavy atom. The Morgan fingerprint density at radius 3 is 2.31 bits per heavy atom. The van der Waals surface area contributed by atoms with Crippen LogP contribution in [0.5, 0.6) is 0 Å². The molecular weight excluding hydrogens is 162 g/mol. The first kappa shape index (κ1) is 10.0. The summed E-state index contributed by atoms with van der Waals surface area (Å²) < 4.78 is 1.71. The molecule has 0 unspecified atom stereocenters. The summed E-state index contributed by atoms with van der Waals surface area (Å²) in [5, 5.41) is 0. The summed E-state index contributed by atoms with van der Waals surface area (Å²) in [6, 6.07) is 1.71. The maximum absolute atomic E-state index is 11.4. The van der Waals surface area contributed by atoms with Crippen LogP contribution in [0.15, 0.2) is 10.9 Å². The van der Waals surface area contributed by atoms with E-state index in [1.54, 1.807) is 10.6 Å². The van der Waals surface area contributed by atoms with Crippen LogP contribution in [0.1, 0.15) is 36.6 Å². The Labute approximate surface area is 79.2 Å². The number of pyridine rings is 1. The van der Waals surface area contributed by atoms with Crippen molar-refractivity contribution in [3.63, 3.8) is 0 Å². The molecule has 0 aliphatic rings. The first-order valence-corrected chi connectivity index (χ1v) is 4.62. The standard InChI is InChI=1S/C11H17NO/c1-7(2)11-8(3)6-10(13)12(5)9(11)4/h6-7H,1-5H3. The molecule has 0 aliphatic carbocycles. The summed E-state index contributed by atoms with van der Waals surface area (Å²) in [5.41, 5.74) is 3.57. The maximum Gasteiger partial charge on any atom is 0.250 e. The molecule has 0 amide bonds. The molecule has 0 saturated heterocycles. The van der Waals surface area contributed by atoms with E-state index in [0.717, 1.165) is 11.3 Å². The highest BCUT2D eigenvalue weighted by molar-refractivity contribution is 5.31. The molecule has 0 saturated carbocycles. The number of rotatable bonds is 1. The lowest BCUT2D eigenvalue weighted by Gasteiger charge is -2.15. The molecule has 2 heteroatoms. The van der Waals surface area contributed by atoms with E-state index in [1.165, 1.54) is 5.56 Å². The lowest BCUT2D eigenvalue weighted by atomic mass is 9.97. The molecule has 0 aliphatic heterocycles. The third-order valence-corrected chi connectivity index (χ3v) is 2.57. The van der Waals surface area contributed by atoms with Crippen molar-refractivity contribution in [2.45, 2.75) is 33.6 Å². The topological polar surface area (TPSA) is 22.0 Å². The van der Waals surface area contributed by atoms with Crippen molar-refractivity contribution in [1.82, 2.24) is 4.57 Å². The van der Waals surface area contributed by atoms with Gasteiger partial charge in [0.1, 0.15) is 0 Å². The molecule has 0 spiro atoms. The molecule has 0 atom stereocenters. The van der Waals surface area contributed by atoms with Gasteiger partial charge in [0.25, 0.3) is 5.56 Å². The number of hydrogen-bond donors (Lipinski definition) is 0. The molecule has 0 aromatic carbocycles. The Bertz CT molecular complexity index is 374. The molecule has 0 N–H and O–H groups in total. The minimum atomic E-state index is 0.0828. The molecule has 0 radical (unpaired) electrons. The highest BCUT2D eigenvalue weighted by atomic mass is 16.1. The Balaban J connectivity index is 3.53. The third kappa shape index (κ3) is 1.67. The van der Waals surface area contributed by atoms with Crippen molar-refractivity contribution in [2.75, 3.05) is 0 Å². The molecule has 0 fully saturated rings. The molecule has 1 aromatic heterocycles. The van der Waals surface area contributed by atoms with Crippen LogP contribution in [-0.2, 0) is 7.05 Å². The van der Waals surface area contributed by atoms with Gasteiger partial charge in [-0.05, 0) is 30.9 Å². The first-order chi connectivity index (χ1) is 5.95. The number of hydrogen-bond acceptors (Lipinski definition) is 1. The second-order valence-corrected chi connectivity index (χ2v) is 3.88. The van der Waals surface area contributed by atoms with Gasteiger partial charge in [-0.1, -0.05) is 13.8 Å². The lowest BCUT2D eigenvalue weighted by Crippen LogP contribution is -2.21. The van der Waals surface area contributed by atoms with E-state index < -0.39 is 0 Å². The normalized spacial score (nSPS) is 10.9. The number of aromatic nitrogens is 1. The third-order valence-electron chi connectivity index (χ3n) is 2.57. The summed E-state index contributed by atoms with van der Waals surface area (Å²) in [6.45, 7) is 8.31. The zero-order chi connectivity index (χ0) is 10.2. The predicted octanol–water partition coefficient (Wildman–Crippen LogP) is 2.13. The quantitative estimate of drug-likeness (QED) is 0.647. The van der Waals surface area contributed by atoms with Crippen LogP contribution in [0, 0.1) is 13.8 Å². The van der Waals surface area contributed by atoms with Gasteiger partial charge in [-0.2, -0.15) is 0 Å². The van der Waals surface area contributed by atoms with E-state index in [4.69, 9.17) is 0 Å². The van der Waals surface area contributed by atoms with Crippen LogP contribution in [0.25, 0.3) is 0 Å². The minimum absolute atomic E-state index is 0.0828. The fraction of sp³-hybridized carbons (Fsp3) is 0.545. The molecule has 72 valence electrons. The van der Waals surface area contributed by atoms with E-state index in [0.29, 0.717) is 5.92 Å². The first-order valence-electron chi connectivity index (χ1n) is 4.62. The summed E-state index contributed by atoms with van der Waals surface area (Å²) in [5.74, 6) is 0.479. The lowest BCUT2D eigenvalue weighted by molar-refractivity contribution is 0.751. The van der Waals surface area contributed by atoms with Gasteiger partial charge in [-0.15, -0.1) is 0 Å². The van der Waals surface area contributed by atoms with Gasteiger partial charge in [0, 0.05) is 18.8 Å². The highest BCUT2D eigenvalue weighted by Crippen LogP contribution is 2.20. The smallest absolute Gasteiger partial charge is 0.250 e. The zero-order valence-corrected chi connectivity index (χ0v) is 9.01. The predicted molar refractivity (Wildman–Crippen MR) is 55.2 cm³/mol. The molecule has 13 heavy (non-hydrogen) atoms. The summed E-state index contributed by atoms with van der Waals surface area (Å²) in [7, 11) is 1.82. The second-order valence-electron chi connectivity index (χ2n) is 3.88. The van der Waals surface area contributed by atoms with Gasteiger partial charge in [0.2, 0.25) is 0 Å². The summed E-state index contributed by atoms with van der Waals surface area (Å²) in [6.07, 6.45) is 0. The Hall–Kier alpha value is -1.05. The van der Waals surface area contributed by atoms with Crippen LogP contribution < -0.4 is 5.56 Å². The summed E-state index contributed by atoms with van der Waals surface area (Å²) in [4.78, 5) is 11.4. The van der Waals surface area contributed by atoms with Crippen molar-refractivity contribution in [3.8, 4) is 0 Å². The minimum Gasteiger partial charge on any atom is -0.316 e. The van der Waals surface area contributed by atoms with Crippen molar-refractivity contribution >= 4 is 0 Å². The summed E-state index contributed by atoms with van der Waals surface area (Å²) >= 11 is 0. The van der Waals surface area contributed by atoms with Gasteiger partial charge in [-0.25, -0.2) is 0 Å². The fourth-order valence-corrected chi connectivity index (χ4v) is 1.86. The van der Waals surface area contributed by atoms with Gasteiger partial charge in [-0.3, -0.25) is 4.79 Å². The molecule has 1 aromatic rings. The molecule has 0 bridgehead atoms. The average Bonchev–Trinajstić information content (AvgIpc) is 1.99. The molecule has 2 nitrogen and oxygen atoms in total. The second kappa shape index (κ2) is 3.36.